The van der Waals surface area contributed by atoms with E-state index in [9.17, 15) is 9.59 Å². The van der Waals surface area contributed by atoms with Gasteiger partial charge >= 0.3 is 0 Å². The third-order valence-electron chi connectivity index (χ3n) is 4.05. The van der Waals surface area contributed by atoms with Crippen LogP contribution in [0, 0.1) is 0 Å². The molecule has 4 heteroatoms. The lowest BCUT2D eigenvalue weighted by molar-refractivity contribution is 0.101. The largest absolute Gasteiger partial charge is 0.457 e. The van der Waals surface area contributed by atoms with Crippen LogP contribution < -0.4 is 0 Å². The Morgan fingerprint density at radius 3 is 2.48 bits per heavy atom. The zero-order valence-corrected chi connectivity index (χ0v) is 14.3. The molecule has 25 heavy (non-hydrogen) atoms. The molecule has 0 bridgehead atoms. The lowest BCUT2D eigenvalue weighted by Gasteiger charge is -1.99. The topological polar surface area (TPSA) is 47.3 Å². The van der Waals surface area contributed by atoms with E-state index in [4.69, 9.17) is 4.42 Å². The highest BCUT2D eigenvalue weighted by Crippen LogP contribution is 2.40. The molecule has 1 aliphatic rings. The van der Waals surface area contributed by atoms with Crippen LogP contribution in [0.15, 0.2) is 74.9 Å². The predicted octanol–water partition coefficient (Wildman–Crippen LogP) is 5.48. The molecule has 3 aromatic rings. The summed E-state index contributed by atoms with van der Waals surface area (Å²) in [6, 6.07) is 18.6. The van der Waals surface area contributed by atoms with Gasteiger partial charge in [-0.2, -0.15) is 0 Å². The summed E-state index contributed by atoms with van der Waals surface area (Å²) in [5.41, 5.74) is 2.30. The van der Waals surface area contributed by atoms with Crippen molar-refractivity contribution in [3.63, 3.8) is 0 Å². The monoisotopic (exact) mass is 346 g/mol. The number of carbonyl (C=O) groups is 2. The second-order valence-electron chi connectivity index (χ2n) is 5.77. The highest BCUT2D eigenvalue weighted by Gasteiger charge is 2.25. The molecular formula is C21H14O3S. The first-order valence-electron chi connectivity index (χ1n) is 7.86. The lowest BCUT2D eigenvalue weighted by atomic mass is 10.1. The van der Waals surface area contributed by atoms with Gasteiger partial charge in [0.25, 0.3) is 0 Å². The number of allylic oxidation sites excluding steroid dienone is 1. The maximum Gasteiger partial charge on any atom is 0.200 e. The molecule has 0 radical (unpaired) electrons. The van der Waals surface area contributed by atoms with Gasteiger partial charge in [-0.05, 0) is 37.3 Å². The number of hydrogen-bond donors (Lipinski definition) is 0. The van der Waals surface area contributed by atoms with Crippen LogP contribution >= 0.6 is 11.8 Å². The molecular weight excluding hydrogens is 332 g/mol. The summed E-state index contributed by atoms with van der Waals surface area (Å²) in [6.07, 6.45) is 1.78. The Hall–Kier alpha value is -2.85. The minimum Gasteiger partial charge on any atom is -0.457 e. The van der Waals surface area contributed by atoms with Crippen LogP contribution in [-0.4, -0.2) is 11.6 Å². The van der Waals surface area contributed by atoms with Crippen molar-refractivity contribution < 1.29 is 14.0 Å². The number of ketones is 2. The number of Topliss-reactive ketones (excluding diaryl/α,β-unsaturated/α-hetero) is 2. The standard InChI is InChI=1S/C21H14O3S/c1-13(22)14-6-8-15(9-7-14)18-11-10-16(24-18)12-20-21(23)17-4-2-3-5-19(17)25-20/h2-12H,1H3/b20-12-. The van der Waals surface area contributed by atoms with Crippen molar-refractivity contribution in [1.82, 2.24) is 0 Å². The number of thioether (sulfide) groups is 1. The van der Waals surface area contributed by atoms with E-state index < -0.39 is 0 Å². The van der Waals surface area contributed by atoms with E-state index in [0.717, 1.165) is 16.0 Å². The Morgan fingerprint density at radius 1 is 1.00 bits per heavy atom. The van der Waals surface area contributed by atoms with Gasteiger partial charge in [0.1, 0.15) is 11.5 Å². The molecule has 1 aromatic heterocycles. The first-order valence-corrected chi connectivity index (χ1v) is 8.68. The maximum absolute atomic E-state index is 12.4. The zero-order chi connectivity index (χ0) is 17.4. The summed E-state index contributed by atoms with van der Waals surface area (Å²) < 4.78 is 5.85. The highest BCUT2D eigenvalue weighted by atomic mass is 32.2. The van der Waals surface area contributed by atoms with Crippen LogP contribution in [0.2, 0.25) is 0 Å². The van der Waals surface area contributed by atoms with Gasteiger partial charge in [-0.25, -0.2) is 0 Å². The quantitative estimate of drug-likeness (QED) is 0.465. The Morgan fingerprint density at radius 2 is 1.76 bits per heavy atom. The van der Waals surface area contributed by atoms with Gasteiger partial charge in [0.2, 0.25) is 5.78 Å². The van der Waals surface area contributed by atoms with Crippen molar-refractivity contribution >= 4 is 29.4 Å². The summed E-state index contributed by atoms with van der Waals surface area (Å²) in [6.45, 7) is 1.54. The van der Waals surface area contributed by atoms with E-state index in [0.29, 0.717) is 22.0 Å². The fourth-order valence-electron chi connectivity index (χ4n) is 2.72. The van der Waals surface area contributed by atoms with E-state index >= 15 is 0 Å². The molecule has 0 atom stereocenters. The summed E-state index contributed by atoms with van der Waals surface area (Å²) in [5.74, 6) is 1.40. The zero-order valence-electron chi connectivity index (χ0n) is 13.5. The van der Waals surface area contributed by atoms with Gasteiger partial charge in [0.05, 0.1) is 4.91 Å². The second-order valence-corrected chi connectivity index (χ2v) is 6.86. The molecule has 0 fully saturated rings. The molecule has 0 spiro atoms. The predicted molar refractivity (Wildman–Crippen MR) is 98.8 cm³/mol. The molecule has 0 saturated heterocycles. The maximum atomic E-state index is 12.4. The first kappa shape index (κ1) is 15.7. The fourth-order valence-corrected chi connectivity index (χ4v) is 3.75. The molecule has 0 N–H and O–H groups in total. The van der Waals surface area contributed by atoms with Crippen molar-refractivity contribution in [2.45, 2.75) is 11.8 Å². The molecule has 0 saturated carbocycles. The molecule has 0 amide bonds. The van der Waals surface area contributed by atoms with Gasteiger partial charge in [-0.15, -0.1) is 0 Å². The molecule has 1 aliphatic heterocycles. The van der Waals surface area contributed by atoms with Gasteiger partial charge in [-0.3, -0.25) is 9.59 Å². The number of carbonyl (C=O) groups excluding carboxylic acids is 2. The van der Waals surface area contributed by atoms with Crippen LogP contribution in [0.25, 0.3) is 17.4 Å². The summed E-state index contributed by atoms with van der Waals surface area (Å²) in [4.78, 5) is 25.4. The van der Waals surface area contributed by atoms with Crippen LogP contribution in [0.5, 0.6) is 0 Å². The number of benzene rings is 2. The van der Waals surface area contributed by atoms with Crippen molar-refractivity contribution in [3.05, 3.63) is 82.5 Å². The third-order valence-corrected chi connectivity index (χ3v) is 5.15. The Balaban J connectivity index is 1.60. The second kappa shape index (κ2) is 6.22. The lowest BCUT2D eigenvalue weighted by Crippen LogP contribution is -1.93. The highest BCUT2D eigenvalue weighted by molar-refractivity contribution is 8.04. The normalized spacial score (nSPS) is 14.8. The Kier molecular flexibility index (Phi) is 3.90. The van der Waals surface area contributed by atoms with Crippen molar-refractivity contribution in [2.75, 3.05) is 0 Å². The molecule has 122 valence electrons. The minimum atomic E-state index is 0.0318. The number of rotatable bonds is 3. The smallest absolute Gasteiger partial charge is 0.200 e. The van der Waals surface area contributed by atoms with Gasteiger partial charge in [-0.1, -0.05) is 48.2 Å². The number of fused-ring (bicyclic) bond motifs is 1. The van der Waals surface area contributed by atoms with Gasteiger partial charge in [0, 0.05) is 21.6 Å². The van der Waals surface area contributed by atoms with Crippen LogP contribution in [0.1, 0.15) is 33.4 Å². The average Bonchev–Trinajstić information content (AvgIpc) is 3.21. The van der Waals surface area contributed by atoms with E-state index in [-0.39, 0.29) is 11.6 Å². The van der Waals surface area contributed by atoms with E-state index in [1.165, 1.54) is 11.8 Å². The van der Waals surface area contributed by atoms with Crippen LogP contribution in [0.3, 0.4) is 0 Å². The summed E-state index contributed by atoms with van der Waals surface area (Å²) in [7, 11) is 0. The van der Waals surface area contributed by atoms with E-state index in [1.807, 2.05) is 48.5 Å². The average molecular weight is 346 g/mol. The molecule has 2 heterocycles. The summed E-state index contributed by atoms with van der Waals surface area (Å²) >= 11 is 1.46. The first-order chi connectivity index (χ1) is 12.1. The van der Waals surface area contributed by atoms with Crippen LogP contribution in [0.4, 0.5) is 0 Å². The number of hydrogen-bond acceptors (Lipinski definition) is 4. The molecule has 0 unspecified atom stereocenters. The van der Waals surface area contributed by atoms with Gasteiger partial charge < -0.3 is 4.42 Å². The minimum absolute atomic E-state index is 0.0318. The van der Waals surface area contributed by atoms with Crippen LogP contribution in [-0.2, 0) is 0 Å². The van der Waals surface area contributed by atoms with Crippen molar-refractivity contribution in [3.8, 4) is 11.3 Å². The molecule has 0 aliphatic carbocycles. The Bertz CT molecular complexity index is 1010. The number of furan rings is 1. The van der Waals surface area contributed by atoms with E-state index in [1.54, 1.807) is 25.1 Å². The van der Waals surface area contributed by atoms with Crippen molar-refractivity contribution in [2.24, 2.45) is 0 Å². The summed E-state index contributed by atoms with van der Waals surface area (Å²) in [5, 5.41) is 0. The molecule has 3 nitrogen and oxygen atoms in total. The van der Waals surface area contributed by atoms with Crippen molar-refractivity contribution in [1.29, 1.82) is 0 Å². The third kappa shape index (κ3) is 2.96. The van der Waals surface area contributed by atoms with Gasteiger partial charge in [0.15, 0.2) is 5.78 Å². The molecule has 2 aromatic carbocycles. The molecule has 4 rings (SSSR count). The SMILES string of the molecule is CC(=O)c1ccc(-c2ccc(/C=C3\Sc4ccccc4C3=O)o2)cc1. The Labute approximate surface area is 149 Å². The fraction of sp³-hybridized carbons (Fsp3) is 0.0476. The van der Waals surface area contributed by atoms with E-state index in [2.05, 4.69) is 0 Å².